The first kappa shape index (κ1) is 12.6. The first-order valence-corrected chi connectivity index (χ1v) is 6.67. The molecule has 3 aliphatic rings. The lowest BCUT2D eigenvalue weighted by Gasteiger charge is -2.45. The molecule has 3 fully saturated rings. The zero-order chi connectivity index (χ0) is 13.4. The second-order valence-corrected chi connectivity index (χ2v) is 5.36. The fourth-order valence-corrected chi connectivity index (χ4v) is 3.03. The van der Waals surface area contributed by atoms with Crippen LogP contribution in [0.25, 0.3) is 0 Å². The van der Waals surface area contributed by atoms with E-state index in [0.29, 0.717) is 5.92 Å². The van der Waals surface area contributed by atoms with E-state index in [1.807, 2.05) is 0 Å². The van der Waals surface area contributed by atoms with E-state index in [-0.39, 0.29) is 22.8 Å². The van der Waals surface area contributed by atoms with Crippen LogP contribution in [0, 0.1) is 16.0 Å². The lowest BCUT2D eigenvalue weighted by atomic mass is 9.84. The van der Waals surface area contributed by atoms with Gasteiger partial charge in [0.05, 0.1) is 4.92 Å². The summed E-state index contributed by atoms with van der Waals surface area (Å²) in [5, 5.41) is 14.2. The van der Waals surface area contributed by atoms with Crippen LogP contribution < -0.4 is 5.32 Å². The highest BCUT2D eigenvalue weighted by atomic mass is 35.5. The van der Waals surface area contributed by atoms with Crippen molar-refractivity contribution in [2.24, 2.45) is 5.92 Å². The maximum Gasteiger partial charge on any atom is 0.329 e. The van der Waals surface area contributed by atoms with Gasteiger partial charge in [-0.15, -0.1) is 0 Å². The molecule has 0 amide bonds. The third-order valence-corrected chi connectivity index (χ3v) is 4.10. The highest BCUT2D eigenvalue weighted by Crippen LogP contribution is 2.31. The lowest BCUT2D eigenvalue weighted by molar-refractivity contribution is -0.384. The van der Waals surface area contributed by atoms with Crippen molar-refractivity contribution >= 4 is 23.1 Å². The minimum Gasteiger partial charge on any atom is -0.360 e. The van der Waals surface area contributed by atoms with Gasteiger partial charge in [0.15, 0.2) is 0 Å². The average Bonchev–Trinajstić information content (AvgIpc) is 2.40. The number of piperidine rings is 3. The Hall–Kier alpha value is -1.47. The smallest absolute Gasteiger partial charge is 0.329 e. The molecular weight excluding hydrogens is 270 g/mol. The average molecular weight is 284 g/mol. The van der Waals surface area contributed by atoms with E-state index in [1.54, 1.807) is 0 Å². The van der Waals surface area contributed by atoms with Crippen molar-refractivity contribution < 1.29 is 4.92 Å². The number of halogens is 1. The normalized spacial score (nSPS) is 29.2. The summed E-state index contributed by atoms with van der Waals surface area (Å²) in [5.41, 5.74) is -0.124. The molecule has 8 heteroatoms. The Morgan fingerprint density at radius 2 is 2.21 bits per heavy atom. The van der Waals surface area contributed by atoms with Crippen LogP contribution in [0.5, 0.6) is 0 Å². The third kappa shape index (κ3) is 2.48. The Kier molecular flexibility index (Phi) is 3.24. The van der Waals surface area contributed by atoms with Crippen LogP contribution in [0.4, 0.5) is 11.5 Å². The van der Waals surface area contributed by atoms with Gasteiger partial charge >= 0.3 is 5.69 Å². The van der Waals surface area contributed by atoms with Crippen LogP contribution >= 0.6 is 11.6 Å². The Morgan fingerprint density at radius 1 is 1.47 bits per heavy atom. The molecule has 4 heterocycles. The molecule has 0 spiro atoms. The minimum atomic E-state index is -0.486. The number of nitro groups is 1. The van der Waals surface area contributed by atoms with Gasteiger partial charge in [-0.1, -0.05) is 0 Å². The molecule has 0 aliphatic carbocycles. The van der Waals surface area contributed by atoms with E-state index in [1.165, 1.54) is 0 Å². The molecule has 3 aliphatic heterocycles. The van der Waals surface area contributed by atoms with Gasteiger partial charge in [0.25, 0.3) is 0 Å². The summed E-state index contributed by atoms with van der Waals surface area (Å²) in [6.07, 6.45) is 3.41. The molecule has 0 aromatic carbocycles. The van der Waals surface area contributed by atoms with E-state index >= 15 is 0 Å². The molecule has 3 saturated heterocycles. The van der Waals surface area contributed by atoms with Crippen molar-refractivity contribution in [3.63, 3.8) is 0 Å². The number of nitrogens with one attached hydrogen (secondary N) is 1. The molecule has 0 saturated carbocycles. The van der Waals surface area contributed by atoms with Gasteiger partial charge in [-0.25, -0.2) is 4.98 Å². The Balaban J connectivity index is 1.83. The van der Waals surface area contributed by atoms with Crippen LogP contribution in [0.2, 0.25) is 5.28 Å². The van der Waals surface area contributed by atoms with Gasteiger partial charge in [-0.05, 0) is 43.5 Å². The Labute approximate surface area is 115 Å². The summed E-state index contributed by atoms with van der Waals surface area (Å²) < 4.78 is 0. The van der Waals surface area contributed by atoms with Crippen LogP contribution in [-0.2, 0) is 0 Å². The minimum absolute atomic E-state index is 0.0226. The zero-order valence-electron chi connectivity index (χ0n) is 10.3. The van der Waals surface area contributed by atoms with Crippen molar-refractivity contribution in [1.29, 1.82) is 0 Å². The van der Waals surface area contributed by atoms with Crippen LogP contribution in [0.15, 0.2) is 6.20 Å². The van der Waals surface area contributed by atoms with Gasteiger partial charge in [0, 0.05) is 12.6 Å². The van der Waals surface area contributed by atoms with Gasteiger partial charge in [-0.3, -0.25) is 10.1 Å². The Bertz CT molecular complexity index is 504. The molecule has 102 valence electrons. The van der Waals surface area contributed by atoms with Gasteiger partial charge < -0.3 is 10.2 Å². The molecule has 2 bridgehead atoms. The van der Waals surface area contributed by atoms with Crippen molar-refractivity contribution in [2.75, 3.05) is 25.0 Å². The fraction of sp³-hybridized carbons (Fsp3) is 0.636. The summed E-state index contributed by atoms with van der Waals surface area (Å²) in [5.74, 6) is 0.780. The highest BCUT2D eigenvalue weighted by Gasteiger charge is 2.35. The first-order chi connectivity index (χ1) is 9.13. The lowest BCUT2D eigenvalue weighted by Crippen LogP contribution is -2.53. The van der Waals surface area contributed by atoms with Crippen LogP contribution in [-0.4, -0.2) is 45.5 Å². The molecule has 7 nitrogen and oxygen atoms in total. The second kappa shape index (κ2) is 4.90. The maximum atomic E-state index is 11.0. The predicted octanol–water partition coefficient (Wildman–Crippen LogP) is 1.54. The predicted molar refractivity (Wildman–Crippen MR) is 70.3 cm³/mol. The number of aromatic nitrogens is 2. The molecule has 19 heavy (non-hydrogen) atoms. The monoisotopic (exact) mass is 283 g/mol. The Morgan fingerprint density at radius 3 is 2.79 bits per heavy atom. The first-order valence-electron chi connectivity index (χ1n) is 6.29. The molecule has 1 aromatic heterocycles. The van der Waals surface area contributed by atoms with Crippen molar-refractivity contribution in [3.05, 3.63) is 21.6 Å². The summed E-state index contributed by atoms with van der Waals surface area (Å²) in [4.78, 5) is 20.5. The number of rotatable bonds is 3. The van der Waals surface area contributed by atoms with E-state index in [9.17, 15) is 10.1 Å². The zero-order valence-corrected chi connectivity index (χ0v) is 11.0. The number of anilines is 1. The molecule has 1 aromatic rings. The van der Waals surface area contributed by atoms with Gasteiger partial charge in [0.1, 0.15) is 6.20 Å². The van der Waals surface area contributed by atoms with Crippen LogP contribution in [0.3, 0.4) is 0 Å². The van der Waals surface area contributed by atoms with E-state index in [0.717, 1.165) is 38.7 Å². The maximum absolute atomic E-state index is 11.0. The molecular formula is C11H14ClN5O2. The summed E-state index contributed by atoms with van der Waals surface area (Å²) in [6, 6.07) is 0.201. The van der Waals surface area contributed by atoms with E-state index in [2.05, 4.69) is 20.2 Å². The quantitative estimate of drug-likeness (QED) is 0.515. The molecule has 1 N–H and O–H groups in total. The summed E-state index contributed by atoms with van der Waals surface area (Å²) in [6.45, 7) is 3.15. The van der Waals surface area contributed by atoms with Crippen molar-refractivity contribution in [1.82, 2.24) is 14.9 Å². The molecule has 1 atom stereocenters. The standard InChI is InChI=1S/C11H14ClN5O2/c12-11-13-5-9(17(18)19)10(15-11)14-8-6-16-3-1-7(8)2-4-16/h5,7-8H,1-4,6H2,(H,13,14,15). The fourth-order valence-electron chi connectivity index (χ4n) is 2.90. The largest absolute Gasteiger partial charge is 0.360 e. The summed E-state index contributed by atoms with van der Waals surface area (Å²) in [7, 11) is 0. The van der Waals surface area contributed by atoms with Crippen LogP contribution in [0.1, 0.15) is 12.8 Å². The number of hydrogen-bond acceptors (Lipinski definition) is 6. The molecule has 4 rings (SSSR count). The number of fused-ring (bicyclic) bond motifs is 3. The van der Waals surface area contributed by atoms with E-state index < -0.39 is 4.92 Å². The van der Waals surface area contributed by atoms with Gasteiger partial charge in [-0.2, -0.15) is 4.98 Å². The number of hydrogen-bond donors (Lipinski definition) is 1. The van der Waals surface area contributed by atoms with Gasteiger partial charge in [0.2, 0.25) is 11.1 Å². The second-order valence-electron chi connectivity index (χ2n) is 5.02. The highest BCUT2D eigenvalue weighted by molar-refractivity contribution is 6.28. The SMILES string of the molecule is O=[N+]([O-])c1cnc(Cl)nc1NC1CN2CCC1CC2. The third-order valence-electron chi connectivity index (χ3n) is 3.92. The topological polar surface area (TPSA) is 84.2 Å². The summed E-state index contributed by atoms with van der Waals surface area (Å²) >= 11 is 5.72. The molecule has 1 unspecified atom stereocenters. The van der Waals surface area contributed by atoms with E-state index in [4.69, 9.17) is 11.6 Å². The molecule has 0 radical (unpaired) electrons. The van der Waals surface area contributed by atoms with Crippen molar-refractivity contribution in [2.45, 2.75) is 18.9 Å². The number of nitrogens with zero attached hydrogens (tertiary/aromatic N) is 4. The van der Waals surface area contributed by atoms with Crippen molar-refractivity contribution in [3.8, 4) is 0 Å².